The highest BCUT2D eigenvalue weighted by Gasteiger charge is 2.26. The molecule has 0 bridgehead atoms. The van der Waals surface area contributed by atoms with Crippen LogP contribution in [0.25, 0.3) is 11.0 Å². The van der Waals surface area contributed by atoms with Crippen molar-refractivity contribution in [3.63, 3.8) is 0 Å². The molecule has 1 amide bonds. The molecule has 7 nitrogen and oxygen atoms in total. The number of amides is 1. The largest absolute Gasteiger partial charge is 0.327 e. The molecule has 0 spiro atoms. The number of likely N-dealkylation sites (tertiary alicyclic amines) is 1. The highest BCUT2D eigenvalue weighted by atomic mass is 19.1. The topological polar surface area (TPSA) is 81.3 Å². The van der Waals surface area contributed by atoms with Crippen LogP contribution in [0.15, 0.2) is 42.5 Å². The van der Waals surface area contributed by atoms with Crippen molar-refractivity contribution in [2.75, 3.05) is 25.0 Å². The van der Waals surface area contributed by atoms with Crippen molar-refractivity contribution >= 4 is 28.4 Å². The van der Waals surface area contributed by atoms with Crippen LogP contribution in [-0.2, 0) is 4.79 Å². The van der Waals surface area contributed by atoms with Crippen LogP contribution in [-0.4, -0.2) is 46.3 Å². The van der Waals surface area contributed by atoms with Crippen molar-refractivity contribution in [1.82, 2.24) is 15.0 Å². The molecule has 8 heteroatoms. The van der Waals surface area contributed by atoms with Crippen molar-refractivity contribution in [3.05, 3.63) is 53.8 Å². The second-order valence-corrected chi connectivity index (χ2v) is 7.51. The average molecular weight is 396 g/mol. The molecule has 1 aliphatic rings. The molecule has 1 saturated heterocycles. The second kappa shape index (κ2) is 8.08. The third-order valence-electron chi connectivity index (χ3n) is 5.43. The predicted octanol–water partition coefficient (Wildman–Crippen LogP) is 1.63. The summed E-state index contributed by atoms with van der Waals surface area (Å²) in [7, 11) is 0. The van der Waals surface area contributed by atoms with Gasteiger partial charge in [0.15, 0.2) is 12.3 Å². The van der Waals surface area contributed by atoms with E-state index in [0.717, 1.165) is 31.4 Å². The number of quaternary nitrogens is 1. The van der Waals surface area contributed by atoms with Gasteiger partial charge in [0, 0.05) is 30.2 Å². The van der Waals surface area contributed by atoms with E-state index < -0.39 is 0 Å². The van der Waals surface area contributed by atoms with E-state index in [1.165, 1.54) is 24.0 Å². The lowest BCUT2D eigenvalue weighted by Crippen LogP contribution is -3.14. The van der Waals surface area contributed by atoms with E-state index in [9.17, 15) is 14.0 Å². The Balaban J connectivity index is 1.31. The van der Waals surface area contributed by atoms with Gasteiger partial charge < -0.3 is 10.2 Å². The molecule has 2 aromatic carbocycles. The number of hydrogen-bond acceptors (Lipinski definition) is 4. The minimum absolute atomic E-state index is 0.000451. The zero-order valence-electron chi connectivity index (χ0n) is 16.2. The van der Waals surface area contributed by atoms with E-state index in [-0.39, 0.29) is 23.5 Å². The summed E-state index contributed by atoms with van der Waals surface area (Å²) in [4.78, 5) is 24.9. The molecule has 3 aromatic rings. The number of nitrogens with one attached hydrogen (secondary N) is 2. The Morgan fingerprint density at radius 3 is 2.59 bits per heavy atom. The van der Waals surface area contributed by atoms with Gasteiger partial charge in [0.2, 0.25) is 0 Å². The monoisotopic (exact) mass is 396 g/mol. The molecule has 0 aliphatic carbocycles. The van der Waals surface area contributed by atoms with Gasteiger partial charge in [0.1, 0.15) is 11.3 Å². The summed E-state index contributed by atoms with van der Waals surface area (Å²) < 4.78 is 15.2. The molecule has 150 valence electrons. The molecule has 1 fully saturated rings. The van der Waals surface area contributed by atoms with Crippen molar-refractivity contribution in [2.24, 2.45) is 0 Å². The Morgan fingerprint density at radius 2 is 1.90 bits per heavy atom. The summed E-state index contributed by atoms with van der Waals surface area (Å²) in [6, 6.07) is 11.7. The molecule has 1 aliphatic heterocycles. The molecular weight excluding hydrogens is 373 g/mol. The van der Waals surface area contributed by atoms with Gasteiger partial charge >= 0.3 is 0 Å². The van der Waals surface area contributed by atoms with E-state index in [4.69, 9.17) is 0 Å². The molecule has 2 heterocycles. The smallest absolute Gasteiger partial charge is 0.279 e. The normalized spacial score (nSPS) is 19.2. The van der Waals surface area contributed by atoms with Crippen LogP contribution in [0.5, 0.6) is 0 Å². The maximum atomic E-state index is 13.3. The number of nitrogens with zero attached hydrogens (tertiary/aromatic N) is 3. The van der Waals surface area contributed by atoms with Crippen molar-refractivity contribution < 1.29 is 18.9 Å². The zero-order chi connectivity index (χ0) is 20.4. The van der Waals surface area contributed by atoms with Crippen molar-refractivity contribution in [1.29, 1.82) is 0 Å². The van der Waals surface area contributed by atoms with Crippen LogP contribution in [0.4, 0.5) is 10.1 Å². The number of fused-ring (bicyclic) bond motifs is 1. The zero-order valence-corrected chi connectivity index (χ0v) is 16.2. The number of halogens is 1. The Morgan fingerprint density at radius 1 is 1.17 bits per heavy atom. The fraction of sp³-hybridized carbons (Fsp3) is 0.333. The van der Waals surface area contributed by atoms with Gasteiger partial charge in [-0.1, -0.05) is 5.21 Å². The predicted molar refractivity (Wildman–Crippen MR) is 106 cm³/mol. The first-order valence-electron chi connectivity index (χ1n) is 9.74. The van der Waals surface area contributed by atoms with Crippen LogP contribution in [0.3, 0.4) is 0 Å². The SMILES string of the molecule is CC(=O)c1ccc(NC(=O)C[NH+]2CCC(n3nnc4cc(F)ccc43)CC2)cc1. The van der Waals surface area contributed by atoms with Crippen LogP contribution < -0.4 is 10.2 Å². The highest BCUT2D eigenvalue weighted by molar-refractivity contribution is 5.95. The summed E-state index contributed by atoms with van der Waals surface area (Å²) in [5.74, 6) is -0.359. The summed E-state index contributed by atoms with van der Waals surface area (Å²) in [6.45, 7) is 3.61. The van der Waals surface area contributed by atoms with Crippen LogP contribution in [0, 0.1) is 5.82 Å². The van der Waals surface area contributed by atoms with Gasteiger partial charge in [-0.15, -0.1) is 5.10 Å². The Labute approximate surface area is 167 Å². The molecule has 4 rings (SSSR count). The van der Waals surface area contributed by atoms with Gasteiger partial charge in [0.25, 0.3) is 5.91 Å². The van der Waals surface area contributed by atoms with Gasteiger partial charge in [-0.25, -0.2) is 9.07 Å². The van der Waals surface area contributed by atoms with Gasteiger partial charge in [0.05, 0.1) is 24.6 Å². The first kappa shape index (κ1) is 19.2. The summed E-state index contributed by atoms with van der Waals surface area (Å²) in [6.07, 6.45) is 1.76. The summed E-state index contributed by atoms with van der Waals surface area (Å²) in [5, 5.41) is 11.2. The minimum atomic E-state index is -0.314. The molecule has 0 radical (unpaired) electrons. The molecule has 1 aromatic heterocycles. The van der Waals surface area contributed by atoms with Crippen molar-refractivity contribution in [3.8, 4) is 0 Å². The fourth-order valence-electron chi connectivity index (χ4n) is 3.84. The van der Waals surface area contributed by atoms with E-state index >= 15 is 0 Å². The number of piperidine rings is 1. The molecule has 0 saturated carbocycles. The lowest BCUT2D eigenvalue weighted by molar-refractivity contribution is -0.897. The number of Topliss-reactive ketones (excluding diaryl/α,β-unsaturated/α-hetero) is 1. The van der Waals surface area contributed by atoms with Crippen LogP contribution in [0.1, 0.15) is 36.2 Å². The van der Waals surface area contributed by atoms with Gasteiger partial charge in [-0.05, 0) is 43.3 Å². The van der Waals surface area contributed by atoms with E-state index in [1.807, 2.05) is 4.68 Å². The highest BCUT2D eigenvalue weighted by Crippen LogP contribution is 2.22. The number of rotatable bonds is 5. The lowest BCUT2D eigenvalue weighted by Gasteiger charge is -2.29. The maximum absolute atomic E-state index is 13.3. The number of carbonyl (C=O) groups excluding carboxylic acids is 2. The third kappa shape index (κ3) is 4.32. The van der Waals surface area contributed by atoms with E-state index in [2.05, 4.69) is 15.6 Å². The Kier molecular flexibility index (Phi) is 5.35. The van der Waals surface area contributed by atoms with Gasteiger partial charge in [-0.3, -0.25) is 9.59 Å². The minimum Gasteiger partial charge on any atom is -0.327 e. The quantitative estimate of drug-likeness (QED) is 0.643. The number of hydrogen-bond donors (Lipinski definition) is 2. The molecular formula is C21H23FN5O2+. The first-order chi connectivity index (χ1) is 14.0. The molecule has 0 atom stereocenters. The number of ketones is 1. The first-order valence-corrected chi connectivity index (χ1v) is 9.74. The number of carbonyl (C=O) groups is 2. The summed E-state index contributed by atoms with van der Waals surface area (Å²) in [5.41, 5.74) is 2.72. The molecule has 2 N–H and O–H groups in total. The number of aromatic nitrogens is 3. The summed E-state index contributed by atoms with van der Waals surface area (Å²) >= 11 is 0. The fourth-order valence-corrected chi connectivity index (χ4v) is 3.84. The third-order valence-corrected chi connectivity index (χ3v) is 5.43. The average Bonchev–Trinajstić information content (AvgIpc) is 3.12. The van der Waals surface area contributed by atoms with Crippen LogP contribution >= 0.6 is 0 Å². The Hall–Kier alpha value is -3.13. The number of anilines is 1. The van der Waals surface area contributed by atoms with E-state index in [1.54, 1.807) is 30.3 Å². The van der Waals surface area contributed by atoms with E-state index in [0.29, 0.717) is 23.3 Å². The van der Waals surface area contributed by atoms with Gasteiger partial charge in [-0.2, -0.15) is 0 Å². The maximum Gasteiger partial charge on any atom is 0.279 e. The molecule has 29 heavy (non-hydrogen) atoms. The van der Waals surface area contributed by atoms with Crippen LogP contribution in [0.2, 0.25) is 0 Å². The lowest BCUT2D eigenvalue weighted by atomic mass is 10.0. The second-order valence-electron chi connectivity index (χ2n) is 7.51. The standard InChI is InChI=1S/C21H22FN5O2/c1-14(28)15-2-5-17(6-3-15)23-21(29)13-26-10-8-18(9-11-26)27-20-7-4-16(22)12-19(20)24-25-27/h2-7,12,18H,8-11,13H2,1H3,(H,23,29)/p+1. The van der Waals surface area contributed by atoms with Crippen molar-refractivity contribution in [2.45, 2.75) is 25.8 Å². The number of benzene rings is 2. The molecule has 0 unspecified atom stereocenters. The Bertz CT molecular complexity index is 1040.